The third-order valence-electron chi connectivity index (χ3n) is 0.584. The molecule has 14 heavy (non-hydrogen) atoms. The number of carboxylic acids is 1. The van der Waals surface area contributed by atoms with Crippen LogP contribution in [-0.4, -0.2) is 58.7 Å². The molecule has 0 saturated heterocycles. The summed E-state index contributed by atoms with van der Waals surface area (Å²) in [6.07, 6.45) is 0. The van der Waals surface area contributed by atoms with Crippen molar-refractivity contribution >= 4 is 43.3 Å². The third kappa shape index (κ3) is 22.9. The number of phosphoric acid groups is 1. The molecular weight excluding hydrogens is 222 g/mol. The van der Waals surface area contributed by atoms with Gasteiger partial charge in [-0.3, -0.25) is 13.8 Å². The Morgan fingerprint density at radius 3 is 1.64 bits per heavy atom. The van der Waals surface area contributed by atoms with Gasteiger partial charge in [-0.25, -0.2) is 4.57 Å². The Bertz CT molecular complexity index is 171. The third-order valence-corrected chi connectivity index (χ3v) is 1.75. The SMILES string of the molecule is CC(=O)O.CCOP(=O)(O)OCC.[NaH]. The molecule has 0 aliphatic rings. The fourth-order valence-electron chi connectivity index (χ4n) is 0.364. The van der Waals surface area contributed by atoms with E-state index in [1.54, 1.807) is 13.8 Å². The zero-order valence-corrected chi connectivity index (χ0v) is 8.78. The molecule has 0 aliphatic carbocycles. The fourth-order valence-corrected chi connectivity index (χ4v) is 1.09. The molecule has 0 aliphatic heterocycles. The van der Waals surface area contributed by atoms with Gasteiger partial charge in [0.25, 0.3) is 5.97 Å². The van der Waals surface area contributed by atoms with Gasteiger partial charge in [0.05, 0.1) is 13.2 Å². The van der Waals surface area contributed by atoms with Gasteiger partial charge in [-0.1, -0.05) is 0 Å². The van der Waals surface area contributed by atoms with E-state index in [1.165, 1.54) is 0 Å². The first-order valence-corrected chi connectivity index (χ1v) is 5.16. The summed E-state index contributed by atoms with van der Waals surface area (Å²) in [5.41, 5.74) is 0. The first-order chi connectivity index (χ1) is 5.85. The van der Waals surface area contributed by atoms with Crippen LogP contribution in [0.2, 0.25) is 0 Å². The molecule has 8 heteroatoms. The topological polar surface area (TPSA) is 93.1 Å². The van der Waals surface area contributed by atoms with Crippen LogP contribution in [0, 0.1) is 0 Å². The number of aliphatic carboxylic acids is 1. The minimum absolute atomic E-state index is 0. The van der Waals surface area contributed by atoms with Crippen molar-refractivity contribution in [3.05, 3.63) is 0 Å². The van der Waals surface area contributed by atoms with Crippen molar-refractivity contribution < 1.29 is 28.4 Å². The second-order valence-corrected chi connectivity index (χ2v) is 3.28. The summed E-state index contributed by atoms with van der Waals surface area (Å²) < 4.78 is 19.2. The number of carboxylic acid groups (broad SMARTS) is 1. The molecule has 0 fully saturated rings. The van der Waals surface area contributed by atoms with Gasteiger partial charge in [0.1, 0.15) is 0 Å². The summed E-state index contributed by atoms with van der Waals surface area (Å²) >= 11 is 0. The van der Waals surface area contributed by atoms with Crippen LogP contribution in [0.25, 0.3) is 0 Å². The van der Waals surface area contributed by atoms with E-state index >= 15 is 0 Å². The number of rotatable bonds is 4. The van der Waals surface area contributed by atoms with Crippen molar-refractivity contribution in [2.24, 2.45) is 0 Å². The van der Waals surface area contributed by atoms with Gasteiger partial charge in [-0.2, -0.15) is 0 Å². The van der Waals surface area contributed by atoms with E-state index in [0.717, 1.165) is 6.92 Å². The maximum atomic E-state index is 10.5. The molecule has 0 atom stereocenters. The summed E-state index contributed by atoms with van der Waals surface area (Å²) in [4.78, 5) is 17.6. The molecular formula is C6H16NaO6P. The predicted octanol–water partition coefficient (Wildman–Crippen LogP) is 0.602. The van der Waals surface area contributed by atoms with Gasteiger partial charge in [0.2, 0.25) is 0 Å². The quantitative estimate of drug-likeness (QED) is 0.550. The van der Waals surface area contributed by atoms with Gasteiger partial charge < -0.3 is 10.00 Å². The first kappa shape index (κ1) is 20.1. The van der Waals surface area contributed by atoms with E-state index in [0.29, 0.717) is 0 Å². The Morgan fingerprint density at radius 2 is 1.50 bits per heavy atom. The van der Waals surface area contributed by atoms with E-state index in [2.05, 4.69) is 9.05 Å². The molecule has 2 N–H and O–H groups in total. The van der Waals surface area contributed by atoms with Crippen LogP contribution in [0.15, 0.2) is 0 Å². The Hall–Kier alpha value is 0.580. The van der Waals surface area contributed by atoms with Crippen LogP contribution < -0.4 is 0 Å². The van der Waals surface area contributed by atoms with Crippen molar-refractivity contribution in [2.45, 2.75) is 20.8 Å². The summed E-state index contributed by atoms with van der Waals surface area (Å²) in [5.74, 6) is -0.833. The number of phosphoric ester groups is 1. The van der Waals surface area contributed by atoms with Crippen molar-refractivity contribution in [3.63, 3.8) is 0 Å². The van der Waals surface area contributed by atoms with Crippen LogP contribution in [0.1, 0.15) is 20.8 Å². The summed E-state index contributed by atoms with van der Waals surface area (Å²) in [6, 6.07) is 0. The fraction of sp³-hybridized carbons (Fsp3) is 0.833. The molecule has 0 aromatic rings. The molecule has 0 unspecified atom stereocenters. The number of hydrogen-bond donors (Lipinski definition) is 2. The molecule has 0 rings (SSSR count). The van der Waals surface area contributed by atoms with Gasteiger partial charge in [-0.05, 0) is 13.8 Å². The zero-order chi connectivity index (χ0) is 10.9. The molecule has 0 aromatic heterocycles. The Morgan fingerprint density at radius 1 is 1.29 bits per heavy atom. The van der Waals surface area contributed by atoms with Crippen molar-refractivity contribution in [1.82, 2.24) is 0 Å². The molecule has 0 amide bonds. The standard InChI is InChI=1S/C4H11O4P.C2H4O2.Na.H/c1-3-7-9(5,6)8-4-2;1-2(3)4;;/h3-4H2,1-2H3,(H,5,6);1H3,(H,3,4);;. The second-order valence-electron chi connectivity index (χ2n) is 1.82. The molecule has 0 aromatic carbocycles. The Labute approximate surface area is 106 Å². The van der Waals surface area contributed by atoms with Crippen LogP contribution in [-0.2, 0) is 18.4 Å². The van der Waals surface area contributed by atoms with Gasteiger partial charge in [-0.15, -0.1) is 0 Å². The van der Waals surface area contributed by atoms with E-state index in [9.17, 15) is 4.57 Å². The minimum atomic E-state index is -3.69. The molecule has 0 spiro atoms. The molecule has 6 nitrogen and oxygen atoms in total. The average molecular weight is 238 g/mol. The van der Waals surface area contributed by atoms with E-state index in [-0.39, 0.29) is 42.8 Å². The number of hydrogen-bond acceptors (Lipinski definition) is 4. The number of carbonyl (C=O) groups is 1. The van der Waals surface area contributed by atoms with Crippen molar-refractivity contribution in [3.8, 4) is 0 Å². The molecule has 0 heterocycles. The zero-order valence-electron chi connectivity index (χ0n) is 7.89. The van der Waals surface area contributed by atoms with Gasteiger partial charge in [0, 0.05) is 6.92 Å². The van der Waals surface area contributed by atoms with Crippen LogP contribution in [0.3, 0.4) is 0 Å². The Kier molecular flexibility index (Phi) is 16.7. The maximum absolute atomic E-state index is 10.5. The van der Waals surface area contributed by atoms with Crippen molar-refractivity contribution in [1.29, 1.82) is 0 Å². The van der Waals surface area contributed by atoms with E-state index < -0.39 is 13.8 Å². The summed E-state index contributed by atoms with van der Waals surface area (Å²) in [5, 5.41) is 7.42. The molecule has 0 saturated carbocycles. The molecule has 0 bridgehead atoms. The normalized spacial score (nSPS) is 9.43. The summed E-state index contributed by atoms with van der Waals surface area (Å²) in [6.45, 7) is 4.71. The monoisotopic (exact) mass is 238 g/mol. The van der Waals surface area contributed by atoms with E-state index in [1.807, 2.05) is 0 Å². The molecule has 0 radical (unpaired) electrons. The van der Waals surface area contributed by atoms with Gasteiger partial charge in [0.15, 0.2) is 0 Å². The average Bonchev–Trinajstić information content (AvgIpc) is 1.84. The van der Waals surface area contributed by atoms with Gasteiger partial charge >= 0.3 is 37.4 Å². The summed E-state index contributed by atoms with van der Waals surface area (Å²) in [7, 11) is -3.69. The Balaban J connectivity index is -0.000000209. The van der Waals surface area contributed by atoms with Crippen LogP contribution in [0.4, 0.5) is 0 Å². The van der Waals surface area contributed by atoms with E-state index in [4.69, 9.17) is 14.8 Å². The van der Waals surface area contributed by atoms with Crippen molar-refractivity contribution in [2.75, 3.05) is 13.2 Å². The second kappa shape index (κ2) is 11.7. The first-order valence-electron chi connectivity index (χ1n) is 3.67. The molecule has 82 valence electrons. The van der Waals surface area contributed by atoms with Crippen LogP contribution in [0.5, 0.6) is 0 Å². The predicted molar refractivity (Wildman–Crippen MR) is 53.5 cm³/mol. The van der Waals surface area contributed by atoms with Crippen LogP contribution >= 0.6 is 7.82 Å².